The first-order valence-corrected chi connectivity index (χ1v) is 19.9. The predicted octanol–water partition coefficient (Wildman–Crippen LogP) is 10.5. The van der Waals surface area contributed by atoms with Gasteiger partial charge in [-0.2, -0.15) is 0 Å². The molecular weight excluding hydrogens is 649 g/mol. The zero-order chi connectivity index (χ0) is 36.1. The lowest BCUT2D eigenvalue weighted by molar-refractivity contribution is -0.124. The molecule has 0 bridgehead atoms. The van der Waals surface area contributed by atoms with Gasteiger partial charge in [-0.3, -0.25) is 9.59 Å². The summed E-state index contributed by atoms with van der Waals surface area (Å²) >= 11 is 1.64. The highest BCUT2D eigenvalue weighted by Gasteiger charge is 2.50. The summed E-state index contributed by atoms with van der Waals surface area (Å²) in [6.45, 7) is 10.1. The Kier molecular flexibility index (Phi) is 11.7. The van der Waals surface area contributed by atoms with Gasteiger partial charge in [0.1, 0.15) is 0 Å². The van der Waals surface area contributed by atoms with Gasteiger partial charge in [0.2, 0.25) is 0 Å². The number of thiophene rings is 1. The number of nitrogens with two attached hydrogens (primary N) is 2. The van der Waals surface area contributed by atoms with Crippen LogP contribution in [0, 0.1) is 11.8 Å². The van der Waals surface area contributed by atoms with Gasteiger partial charge in [-0.15, -0.1) is 11.3 Å². The minimum Gasteiger partial charge on any atom is -0.399 e. The Labute approximate surface area is 308 Å². The molecule has 0 saturated carbocycles. The zero-order valence-electron chi connectivity index (χ0n) is 30.8. The summed E-state index contributed by atoms with van der Waals surface area (Å²) < 4.78 is 0. The van der Waals surface area contributed by atoms with Crippen molar-refractivity contribution in [1.82, 2.24) is 9.80 Å². The van der Waals surface area contributed by atoms with Crippen molar-refractivity contribution in [1.29, 1.82) is 0 Å². The van der Waals surface area contributed by atoms with Crippen LogP contribution in [0.4, 0.5) is 11.4 Å². The van der Waals surface area contributed by atoms with Crippen LogP contribution >= 0.6 is 11.3 Å². The van der Waals surface area contributed by atoms with Crippen molar-refractivity contribution in [2.75, 3.05) is 24.6 Å². The summed E-state index contributed by atoms with van der Waals surface area (Å²) in [5.74, 6) is 0.631. The molecule has 268 valence electrons. The fourth-order valence-corrected chi connectivity index (χ4v) is 8.80. The van der Waals surface area contributed by atoms with Crippen LogP contribution in [-0.4, -0.2) is 34.7 Å². The van der Waals surface area contributed by atoms with Crippen molar-refractivity contribution >= 4 is 45.8 Å². The van der Waals surface area contributed by atoms with Crippen molar-refractivity contribution < 1.29 is 9.59 Å². The van der Waals surface area contributed by atoms with Crippen LogP contribution < -0.4 is 11.5 Å². The first kappa shape index (κ1) is 36.4. The van der Waals surface area contributed by atoms with Gasteiger partial charge < -0.3 is 21.3 Å². The fraction of sp³-hybridized carbons (Fsp3) is 0.409. The van der Waals surface area contributed by atoms with Crippen LogP contribution in [0.3, 0.4) is 0 Å². The summed E-state index contributed by atoms with van der Waals surface area (Å²) in [6.07, 6.45) is 14.8. The third-order valence-electron chi connectivity index (χ3n) is 10.9. The highest BCUT2D eigenvalue weighted by atomic mass is 32.1. The second kappa shape index (κ2) is 16.3. The van der Waals surface area contributed by atoms with Gasteiger partial charge in [0.25, 0.3) is 11.8 Å². The third kappa shape index (κ3) is 7.64. The number of hydrogen-bond acceptors (Lipinski definition) is 5. The molecular formula is C44H54N4O2S. The monoisotopic (exact) mass is 702 g/mol. The number of allylic oxidation sites excluding steroid dienone is 4. The molecule has 3 heterocycles. The van der Waals surface area contributed by atoms with E-state index >= 15 is 9.59 Å². The van der Waals surface area contributed by atoms with E-state index in [-0.39, 0.29) is 11.8 Å². The maximum atomic E-state index is 15.0. The van der Waals surface area contributed by atoms with E-state index in [4.69, 9.17) is 11.5 Å². The van der Waals surface area contributed by atoms with E-state index in [1.54, 1.807) is 11.3 Å². The van der Waals surface area contributed by atoms with E-state index in [0.717, 1.165) is 106 Å². The van der Waals surface area contributed by atoms with E-state index in [0.29, 0.717) is 42.5 Å². The Morgan fingerprint density at radius 2 is 1.12 bits per heavy atom. The first-order chi connectivity index (χ1) is 24.8. The van der Waals surface area contributed by atoms with E-state index in [9.17, 15) is 0 Å². The van der Waals surface area contributed by atoms with E-state index in [1.165, 1.54) is 6.42 Å². The molecule has 1 aromatic heterocycles. The van der Waals surface area contributed by atoms with Crippen LogP contribution in [0.25, 0.3) is 21.7 Å². The van der Waals surface area contributed by atoms with Gasteiger partial charge in [0.15, 0.2) is 0 Å². The predicted molar refractivity (Wildman–Crippen MR) is 214 cm³/mol. The first-order valence-electron chi connectivity index (χ1n) is 19.1. The number of benzene rings is 2. The number of anilines is 2. The molecule has 3 aliphatic rings. The molecule has 6 rings (SSSR count). The molecule has 6 nitrogen and oxygen atoms in total. The minimum absolute atomic E-state index is 0.0364. The number of carbonyl (C=O) groups is 2. The quantitative estimate of drug-likeness (QED) is 0.108. The average Bonchev–Trinajstić information content (AvgIpc) is 3.93. The lowest BCUT2D eigenvalue weighted by Gasteiger charge is -2.29. The minimum atomic E-state index is -0.0379. The molecule has 2 atom stereocenters. The van der Waals surface area contributed by atoms with Crippen LogP contribution in [0.15, 0.2) is 95.2 Å². The Hall–Kier alpha value is -4.36. The van der Waals surface area contributed by atoms with Crippen LogP contribution in [0.1, 0.15) is 102 Å². The number of amides is 2. The van der Waals surface area contributed by atoms with Gasteiger partial charge in [-0.1, -0.05) is 109 Å². The smallest absolute Gasteiger partial charge is 0.261 e. The van der Waals surface area contributed by atoms with Gasteiger partial charge in [0, 0.05) is 35.8 Å². The SMILES string of the molecule is CCCCCC(CC)CN1C(=O)C2=C(C3=CC=C(c4ccc(N)cc4)C3)N(CC(CC)CCCC)C(=O)C2=C1c1ccc(-c2ccc(N)cc2)s1. The number of hydrogen-bond donors (Lipinski definition) is 2. The van der Waals surface area contributed by atoms with Gasteiger partial charge in [-0.25, -0.2) is 0 Å². The molecule has 0 saturated heterocycles. The summed E-state index contributed by atoms with van der Waals surface area (Å²) in [6, 6.07) is 20.1. The second-order valence-corrected chi connectivity index (χ2v) is 15.5. The van der Waals surface area contributed by atoms with Crippen LogP contribution in [-0.2, 0) is 9.59 Å². The number of nitrogen functional groups attached to an aromatic ring is 2. The topological polar surface area (TPSA) is 92.7 Å². The molecule has 2 aliphatic heterocycles. The Balaban J connectivity index is 1.46. The standard InChI is InChI=1S/C44H54N4O2S/c1-5-9-11-13-30(8-4)28-48-42(38-25-24-37(51-38)32-18-22-36(46)23-19-32)40-39(43(48)49)41(47(44(40)50)27-29(7-3)12-10-6-2)34-15-14-33(26-34)31-16-20-35(45)21-17-31/h14-25,29-30H,5-13,26-28,45-46H2,1-4H3. The van der Waals surface area contributed by atoms with E-state index in [1.807, 2.05) is 46.2 Å². The van der Waals surface area contributed by atoms with Crippen LogP contribution in [0.2, 0.25) is 0 Å². The van der Waals surface area contributed by atoms with Crippen molar-refractivity contribution in [3.8, 4) is 10.4 Å². The molecule has 2 aromatic carbocycles. The Bertz CT molecular complexity index is 1860. The molecule has 0 spiro atoms. The average molecular weight is 703 g/mol. The molecule has 51 heavy (non-hydrogen) atoms. The highest BCUT2D eigenvalue weighted by molar-refractivity contribution is 7.16. The maximum absolute atomic E-state index is 15.0. The van der Waals surface area contributed by atoms with Crippen molar-refractivity contribution in [3.05, 3.63) is 106 Å². The summed E-state index contributed by atoms with van der Waals surface area (Å²) in [4.78, 5) is 36.0. The summed E-state index contributed by atoms with van der Waals surface area (Å²) in [5, 5.41) is 0. The Morgan fingerprint density at radius 3 is 1.71 bits per heavy atom. The molecule has 1 aliphatic carbocycles. The molecule has 0 fully saturated rings. The number of nitrogens with zero attached hydrogens (tertiary/aromatic N) is 2. The lowest BCUT2D eigenvalue weighted by Crippen LogP contribution is -2.35. The second-order valence-electron chi connectivity index (χ2n) is 14.4. The fourth-order valence-electron chi connectivity index (χ4n) is 7.73. The molecule has 2 unspecified atom stereocenters. The number of rotatable bonds is 17. The molecule has 0 radical (unpaired) electrons. The van der Waals surface area contributed by atoms with Gasteiger partial charge >= 0.3 is 0 Å². The van der Waals surface area contributed by atoms with Crippen molar-refractivity contribution in [2.45, 2.75) is 91.9 Å². The highest BCUT2D eigenvalue weighted by Crippen LogP contribution is 2.50. The van der Waals surface area contributed by atoms with Gasteiger partial charge in [-0.05, 0) is 83.3 Å². The molecule has 3 aromatic rings. The normalized spacial score (nSPS) is 17.1. The van der Waals surface area contributed by atoms with Gasteiger partial charge in [0.05, 0.1) is 27.4 Å². The molecule has 4 N–H and O–H groups in total. The zero-order valence-corrected chi connectivity index (χ0v) is 31.7. The number of fused-ring (bicyclic) bond motifs is 1. The largest absolute Gasteiger partial charge is 0.399 e. The molecule has 2 amide bonds. The van der Waals surface area contributed by atoms with Crippen LogP contribution in [0.5, 0.6) is 0 Å². The van der Waals surface area contributed by atoms with Crippen molar-refractivity contribution in [2.24, 2.45) is 11.8 Å². The van der Waals surface area contributed by atoms with E-state index < -0.39 is 0 Å². The summed E-state index contributed by atoms with van der Waals surface area (Å²) in [7, 11) is 0. The third-order valence-corrected chi connectivity index (χ3v) is 12.0. The maximum Gasteiger partial charge on any atom is 0.261 e. The Morgan fingerprint density at radius 1 is 0.608 bits per heavy atom. The number of carbonyl (C=O) groups excluding carboxylic acids is 2. The summed E-state index contributed by atoms with van der Waals surface area (Å²) in [5.41, 5.74) is 20.6. The van der Waals surface area contributed by atoms with Crippen molar-refractivity contribution in [3.63, 3.8) is 0 Å². The number of unbranched alkanes of at least 4 members (excludes halogenated alkanes) is 3. The lowest BCUT2D eigenvalue weighted by atomic mass is 9.96. The molecule has 7 heteroatoms. The van der Waals surface area contributed by atoms with E-state index in [2.05, 4.69) is 64.1 Å².